The number of hydrogen-bond acceptors (Lipinski definition) is 2. The summed E-state index contributed by atoms with van der Waals surface area (Å²) in [6.07, 6.45) is 4.37. The summed E-state index contributed by atoms with van der Waals surface area (Å²) in [5.74, 6) is 0. The largest absolute Gasteiger partial charge is 0.356 e. The molecule has 0 N–H and O–H groups in total. The second-order valence-electron chi connectivity index (χ2n) is 5.26. The molecule has 2 rings (SSSR count). The van der Waals surface area contributed by atoms with Crippen LogP contribution in [-0.4, -0.2) is 17.6 Å². The topological polar surface area (TPSA) is 6.48 Å². The lowest BCUT2D eigenvalue weighted by Gasteiger charge is -2.26. The van der Waals surface area contributed by atoms with Gasteiger partial charge >= 0.3 is 0 Å². The third-order valence-electron chi connectivity index (χ3n) is 3.34. The molecule has 2 nitrogen and oxygen atoms in total. The van der Waals surface area contributed by atoms with E-state index in [1.165, 1.54) is 22.4 Å². The van der Waals surface area contributed by atoms with Crippen molar-refractivity contribution in [2.24, 2.45) is 0 Å². The molecule has 0 bridgehead atoms. The summed E-state index contributed by atoms with van der Waals surface area (Å²) in [4.78, 5) is 4.68. The van der Waals surface area contributed by atoms with E-state index in [-0.39, 0.29) is 0 Å². The molecule has 17 heavy (non-hydrogen) atoms. The Morgan fingerprint density at radius 2 is 1.59 bits per heavy atom. The van der Waals surface area contributed by atoms with Crippen LogP contribution in [0.3, 0.4) is 0 Å². The van der Waals surface area contributed by atoms with Gasteiger partial charge in [0, 0.05) is 24.1 Å². The van der Waals surface area contributed by atoms with E-state index in [1.807, 2.05) is 0 Å². The van der Waals surface area contributed by atoms with Gasteiger partial charge in [0.2, 0.25) is 0 Å². The third kappa shape index (κ3) is 2.31. The van der Waals surface area contributed by atoms with Crippen molar-refractivity contribution >= 4 is 5.69 Å². The molecule has 1 heterocycles. The Morgan fingerprint density at radius 1 is 1.00 bits per heavy atom. The van der Waals surface area contributed by atoms with E-state index in [0.717, 1.165) is 6.67 Å². The van der Waals surface area contributed by atoms with E-state index in [2.05, 4.69) is 69.0 Å². The number of nitrogens with zero attached hydrogens (tertiary/aromatic N) is 2. The van der Waals surface area contributed by atoms with Crippen molar-refractivity contribution in [3.8, 4) is 0 Å². The van der Waals surface area contributed by atoms with Crippen LogP contribution in [0.1, 0.15) is 30.5 Å². The predicted molar refractivity (Wildman–Crippen MR) is 74.1 cm³/mol. The molecule has 1 aliphatic rings. The van der Waals surface area contributed by atoms with Crippen LogP contribution >= 0.6 is 0 Å². The molecule has 0 spiro atoms. The van der Waals surface area contributed by atoms with Gasteiger partial charge in [0.05, 0.1) is 6.67 Å². The lowest BCUT2D eigenvalue weighted by Crippen LogP contribution is -2.30. The fraction of sp³-hybridized carbons (Fsp3) is 0.467. The van der Waals surface area contributed by atoms with Crippen molar-refractivity contribution in [1.29, 1.82) is 0 Å². The first-order valence-electron chi connectivity index (χ1n) is 6.27. The minimum absolute atomic E-state index is 0.558. The van der Waals surface area contributed by atoms with Crippen molar-refractivity contribution in [1.82, 2.24) is 4.90 Å². The zero-order valence-electron chi connectivity index (χ0n) is 11.5. The zero-order valence-corrected chi connectivity index (χ0v) is 11.5. The molecule has 0 atom stereocenters. The number of hydrogen-bond donors (Lipinski definition) is 0. The Balaban J connectivity index is 2.29. The molecule has 0 radical (unpaired) electrons. The average molecular weight is 230 g/mol. The van der Waals surface area contributed by atoms with Gasteiger partial charge in [-0.1, -0.05) is 17.7 Å². The molecular weight excluding hydrogens is 208 g/mol. The van der Waals surface area contributed by atoms with Crippen molar-refractivity contribution in [3.63, 3.8) is 0 Å². The molecule has 1 aliphatic heterocycles. The van der Waals surface area contributed by atoms with Gasteiger partial charge in [-0.15, -0.1) is 0 Å². The maximum Gasteiger partial charge on any atom is 0.0944 e. The summed E-state index contributed by atoms with van der Waals surface area (Å²) in [6.45, 7) is 12.0. The molecule has 0 unspecified atom stereocenters. The molecule has 92 valence electrons. The van der Waals surface area contributed by atoms with E-state index in [0.29, 0.717) is 6.04 Å². The number of benzene rings is 1. The van der Waals surface area contributed by atoms with Crippen LogP contribution in [0.5, 0.6) is 0 Å². The molecule has 1 aromatic carbocycles. The van der Waals surface area contributed by atoms with Gasteiger partial charge in [-0.25, -0.2) is 0 Å². The molecule has 2 heteroatoms. The van der Waals surface area contributed by atoms with Crippen LogP contribution in [0.25, 0.3) is 0 Å². The average Bonchev–Trinajstić information content (AvgIpc) is 2.65. The van der Waals surface area contributed by atoms with Crippen molar-refractivity contribution in [2.75, 3.05) is 11.6 Å². The van der Waals surface area contributed by atoms with Crippen LogP contribution < -0.4 is 4.90 Å². The molecule has 0 fully saturated rings. The van der Waals surface area contributed by atoms with Gasteiger partial charge in [-0.05, 0) is 45.7 Å². The molecule has 0 aromatic heterocycles. The maximum absolute atomic E-state index is 2.35. The maximum atomic E-state index is 2.35. The first-order valence-corrected chi connectivity index (χ1v) is 6.27. The summed E-state index contributed by atoms with van der Waals surface area (Å²) < 4.78 is 0. The van der Waals surface area contributed by atoms with Crippen LogP contribution in [0.15, 0.2) is 24.5 Å². The molecule has 0 amide bonds. The van der Waals surface area contributed by atoms with Crippen molar-refractivity contribution < 1.29 is 0 Å². The summed E-state index contributed by atoms with van der Waals surface area (Å²) >= 11 is 0. The molecule has 0 saturated carbocycles. The van der Waals surface area contributed by atoms with E-state index in [4.69, 9.17) is 0 Å². The number of anilines is 1. The van der Waals surface area contributed by atoms with Crippen molar-refractivity contribution in [3.05, 3.63) is 41.2 Å². The van der Waals surface area contributed by atoms with E-state index in [1.54, 1.807) is 0 Å². The Labute approximate surface area is 105 Å². The van der Waals surface area contributed by atoms with Crippen molar-refractivity contribution in [2.45, 2.75) is 40.7 Å². The van der Waals surface area contributed by atoms with Crippen LogP contribution in [0.2, 0.25) is 0 Å². The first-order chi connectivity index (χ1) is 7.99. The Kier molecular flexibility index (Phi) is 3.14. The SMILES string of the molecule is Cc1cc(C)c(N2C=CN(C(C)C)C2)c(C)c1. The highest BCUT2D eigenvalue weighted by atomic mass is 15.3. The third-order valence-corrected chi connectivity index (χ3v) is 3.34. The van der Waals surface area contributed by atoms with Gasteiger partial charge in [-0.2, -0.15) is 0 Å². The molecule has 0 aliphatic carbocycles. The molecular formula is C15H22N2. The monoisotopic (exact) mass is 230 g/mol. The second kappa shape index (κ2) is 4.44. The van der Waals surface area contributed by atoms with Gasteiger partial charge < -0.3 is 9.80 Å². The standard InChI is InChI=1S/C15H22N2/c1-11(2)16-6-7-17(10-16)15-13(4)8-12(3)9-14(15)5/h6-9,11H,10H2,1-5H3. The second-order valence-corrected chi connectivity index (χ2v) is 5.26. The highest BCUT2D eigenvalue weighted by molar-refractivity contribution is 5.62. The van der Waals surface area contributed by atoms with Gasteiger partial charge in [0.25, 0.3) is 0 Å². The number of aryl methyl sites for hydroxylation is 3. The first kappa shape index (κ1) is 12.0. The highest BCUT2D eigenvalue weighted by Gasteiger charge is 2.18. The Hall–Kier alpha value is -1.44. The fourth-order valence-electron chi connectivity index (χ4n) is 2.54. The normalized spacial score (nSPS) is 15.2. The smallest absolute Gasteiger partial charge is 0.0944 e. The molecule has 1 aromatic rings. The zero-order chi connectivity index (χ0) is 12.6. The van der Waals surface area contributed by atoms with E-state index in [9.17, 15) is 0 Å². The summed E-state index contributed by atoms with van der Waals surface area (Å²) in [7, 11) is 0. The summed E-state index contributed by atoms with van der Waals surface area (Å²) in [6, 6.07) is 5.07. The van der Waals surface area contributed by atoms with Gasteiger partial charge in [0.15, 0.2) is 0 Å². The van der Waals surface area contributed by atoms with Crippen LogP contribution in [0.4, 0.5) is 5.69 Å². The lowest BCUT2D eigenvalue weighted by atomic mass is 10.0. The lowest BCUT2D eigenvalue weighted by molar-refractivity contribution is 0.336. The minimum atomic E-state index is 0.558. The fourth-order valence-corrected chi connectivity index (χ4v) is 2.54. The quantitative estimate of drug-likeness (QED) is 0.766. The minimum Gasteiger partial charge on any atom is -0.356 e. The van der Waals surface area contributed by atoms with Crippen LogP contribution in [-0.2, 0) is 0 Å². The highest BCUT2D eigenvalue weighted by Crippen LogP contribution is 2.29. The van der Waals surface area contributed by atoms with Gasteiger partial charge in [-0.3, -0.25) is 0 Å². The van der Waals surface area contributed by atoms with Crippen LogP contribution in [0, 0.1) is 20.8 Å². The number of rotatable bonds is 2. The Morgan fingerprint density at radius 3 is 2.06 bits per heavy atom. The molecule has 0 saturated heterocycles. The Bertz CT molecular complexity index is 423. The predicted octanol–water partition coefficient (Wildman–Crippen LogP) is 3.57. The van der Waals surface area contributed by atoms with Gasteiger partial charge in [0.1, 0.15) is 0 Å². The van der Waals surface area contributed by atoms with E-state index < -0.39 is 0 Å². The summed E-state index contributed by atoms with van der Waals surface area (Å²) in [5, 5.41) is 0. The van der Waals surface area contributed by atoms with E-state index >= 15 is 0 Å². The summed E-state index contributed by atoms with van der Waals surface area (Å²) in [5.41, 5.74) is 5.41.